The molecule has 3 heteroatoms. The first kappa shape index (κ1) is 12.0. The van der Waals surface area contributed by atoms with Crippen LogP contribution in [-0.4, -0.2) is 5.91 Å². The molecule has 0 bridgehead atoms. The summed E-state index contributed by atoms with van der Waals surface area (Å²) in [5.74, 6) is 0.719. The van der Waals surface area contributed by atoms with Gasteiger partial charge in [0.05, 0.1) is 5.54 Å². The monoisotopic (exact) mass is 263 g/mol. The second-order valence-electron chi connectivity index (χ2n) is 5.48. The van der Waals surface area contributed by atoms with Crippen LogP contribution >= 0.6 is 11.6 Å². The maximum absolute atomic E-state index is 11.9. The summed E-state index contributed by atoms with van der Waals surface area (Å²) < 4.78 is 0. The summed E-state index contributed by atoms with van der Waals surface area (Å²) in [7, 11) is 0. The molecule has 1 heterocycles. The van der Waals surface area contributed by atoms with Crippen LogP contribution in [0.1, 0.15) is 44.1 Å². The van der Waals surface area contributed by atoms with E-state index in [1.54, 1.807) is 0 Å². The Kier molecular flexibility index (Phi) is 3.06. The summed E-state index contributed by atoms with van der Waals surface area (Å²) in [5.41, 5.74) is 0.913. The van der Waals surface area contributed by atoms with Gasteiger partial charge < -0.3 is 5.32 Å². The summed E-state index contributed by atoms with van der Waals surface area (Å²) in [6.45, 7) is 0. The van der Waals surface area contributed by atoms with E-state index in [0.717, 1.165) is 23.4 Å². The topological polar surface area (TPSA) is 29.1 Å². The molecule has 96 valence electrons. The number of rotatable bonds is 1. The van der Waals surface area contributed by atoms with Crippen LogP contribution in [0.25, 0.3) is 0 Å². The second-order valence-corrected chi connectivity index (χ2v) is 5.89. The molecule has 0 aromatic heterocycles. The first-order valence-corrected chi connectivity index (χ1v) is 7.16. The van der Waals surface area contributed by atoms with E-state index in [4.69, 9.17) is 11.6 Å². The minimum atomic E-state index is -0.202. The number of amides is 1. The fraction of sp³-hybridized carbons (Fsp3) is 0.533. The van der Waals surface area contributed by atoms with Crippen LogP contribution in [0.5, 0.6) is 0 Å². The molecule has 0 radical (unpaired) electrons. The smallest absolute Gasteiger partial charge is 0.220 e. The molecule has 1 aromatic carbocycles. The molecule has 1 aliphatic carbocycles. The first-order valence-electron chi connectivity index (χ1n) is 6.78. The van der Waals surface area contributed by atoms with E-state index < -0.39 is 0 Å². The molecule has 3 rings (SSSR count). The number of fused-ring (bicyclic) bond motifs is 1. The molecule has 2 nitrogen and oxygen atoms in total. The molecule has 2 atom stereocenters. The van der Waals surface area contributed by atoms with Gasteiger partial charge in [-0.15, -0.1) is 0 Å². The third-order valence-electron chi connectivity index (χ3n) is 4.51. The molecule has 0 spiro atoms. The minimum Gasteiger partial charge on any atom is -0.346 e. The van der Waals surface area contributed by atoms with Crippen molar-refractivity contribution in [3.05, 3.63) is 34.9 Å². The van der Waals surface area contributed by atoms with E-state index in [1.165, 1.54) is 19.3 Å². The number of halogens is 1. The highest BCUT2D eigenvalue weighted by molar-refractivity contribution is 6.31. The Morgan fingerprint density at radius 1 is 1.22 bits per heavy atom. The Balaban J connectivity index is 2.07. The largest absolute Gasteiger partial charge is 0.346 e. The summed E-state index contributed by atoms with van der Waals surface area (Å²) in [4.78, 5) is 11.9. The fourth-order valence-electron chi connectivity index (χ4n) is 3.66. The van der Waals surface area contributed by atoms with E-state index in [1.807, 2.05) is 18.2 Å². The molecular formula is C15H18ClNO. The van der Waals surface area contributed by atoms with Gasteiger partial charge in [0.1, 0.15) is 0 Å². The maximum Gasteiger partial charge on any atom is 0.220 e. The van der Waals surface area contributed by atoms with Crippen molar-refractivity contribution in [3.8, 4) is 0 Å². The Labute approximate surface area is 113 Å². The lowest BCUT2D eigenvalue weighted by Crippen LogP contribution is -2.56. The van der Waals surface area contributed by atoms with E-state index in [2.05, 4.69) is 11.4 Å². The molecule has 1 saturated carbocycles. The molecular weight excluding hydrogens is 246 g/mol. The molecule has 1 saturated heterocycles. The van der Waals surface area contributed by atoms with Crippen LogP contribution < -0.4 is 5.32 Å². The van der Waals surface area contributed by atoms with Gasteiger partial charge in [0.25, 0.3) is 0 Å². The molecule has 18 heavy (non-hydrogen) atoms. The van der Waals surface area contributed by atoms with Crippen molar-refractivity contribution >= 4 is 17.5 Å². The van der Waals surface area contributed by atoms with Gasteiger partial charge in [-0.05, 0) is 36.8 Å². The van der Waals surface area contributed by atoms with Crippen molar-refractivity contribution in [1.29, 1.82) is 0 Å². The molecule has 1 aromatic rings. The van der Waals surface area contributed by atoms with E-state index in [-0.39, 0.29) is 11.4 Å². The summed E-state index contributed by atoms with van der Waals surface area (Å²) in [5, 5.41) is 4.05. The third-order valence-corrected chi connectivity index (χ3v) is 4.84. The van der Waals surface area contributed by atoms with E-state index >= 15 is 0 Å². The van der Waals surface area contributed by atoms with Crippen molar-refractivity contribution in [3.63, 3.8) is 0 Å². The summed E-state index contributed by atoms with van der Waals surface area (Å²) in [6.07, 6.45) is 6.32. The van der Waals surface area contributed by atoms with Gasteiger partial charge in [-0.2, -0.15) is 0 Å². The number of carbonyl (C=O) groups excluding carboxylic acids is 1. The third kappa shape index (κ3) is 1.83. The lowest BCUT2D eigenvalue weighted by molar-refractivity contribution is -0.128. The average Bonchev–Trinajstić information content (AvgIpc) is 2.38. The molecule has 1 N–H and O–H groups in total. The van der Waals surface area contributed by atoms with E-state index in [0.29, 0.717) is 12.3 Å². The van der Waals surface area contributed by atoms with Gasteiger partial charge in [-0.3, -0.25) is 4.79 Å². The first-order chi connectivity index (χ1) is 8.72. The normalized spacial score (nSPS) is 31.6. The standard InChI is InChI=1S/C15H18ClNO/c16-13-7-2-1-6-12(13)15-10-4-3-5-11(15)8-9-14(18)17-15/h1-2,6-7,11H,3-5,8-10H2,(H,17,18)/t11-,15-/m0/s1. The summed E-state index contributed by atoms with van der Waals surface area (Å²) >= 11 is 6.37. The van der Waals surface area contributed by atoms with Crippen LogP contribution in [0.2, 0.25) is 5.02 Å². The Morgan fingerprint density at radius 2 is 2.06 bits per heavy atom. The zero-order valence-corrected chi connectivity index (χ0v) is 11.2. The highest BCUT2D eigenvalue weighted by Gasteiger charge is 2.46. The zero-order valence-electron chi connectivity index (χ0n) is 10.4. The highest BCUT2D eigenvalue weighted by Crippen LogP contribution is 2.47. The van der Waals surface area contributed by atoms with Crippen LogP contribution in [0, 0.1) is 5.92 Å². The molecule has 1 aliphatic heterocycles. The van der Waals surface area contributed by atoms with Crippen molar-refractivity contribution in [2.24, 2.45) is 5.92 Å². The lowest BCUT2D eigenvalue weighted by atomic mass is 9.65. The quantitative estimate of drug-likeness (QED) is 0.824. The summed E-state index contributed by atoms with van der Waals surface area (Å²) in [6, 6.07) is 7.97. The lowest BCUT2D eigenvalue weighted by Gasteiger charge is -2.48. The Bertz CT molecular complexity index is 473. The van der Waals surface area contributed by atoms with Crippen molar-refractivity contribution in [2.75, 3.05) is 0 Å². The van der Waals surface area contributed by atoms with Gasteiger partial charge in [-0.25, -0.2) is 0 Å². The Hall–Kier alpha value is -1.02. The Morgan fingerprint density at radius 3 is 2.89 bits per heavy atom. The minimum absolute atomic E-state index is 0.174. The second kappa shape index (κ2) is 4.58. The van der Waals surface area contributed by atoms with Gasteiger partial charge in [0.2, 0.25) is 5.91 Å². The maximum atomic E-state index is 11.9. The van der Waals surface area contributed by atoms with E-state index in [9.17, 15) is 4.79 Å². The molecule has 2 aliphatic rings. The van der Waals surface area contributed by atoms with Gasteiger partial charge in [0.15, 0.2) is 0 Å². The van der Waals surface area contributed by atoms with Crippen molar-refractivity contribution in [2.45, 2.75) is 44.1 Å². The van der Waals surface area contributed by atoms with Crippen LogP contribution in [-0.2, 0) is 10.3 Å². The zero-order chi connectivity index (χ0) is 12.6. The van der Waals surface area contributed by atoms with Crippen molar-refractivity contribution < 1.29 is 4.79 Å². The van der Waals surface area contributed by atoms with Crippen LogP contribution in [0.15, 0.2) is 24.3 Å². The highest BCUT2D eigenvalue weighted by atomic mass is 35.5. The van der Waals surface area contributed by atoms with Crippen LogP contribution in [0.4, 0.5) is 0 Å². The van der Waals surface area contributed by atoms with Gasteiger partial charge in [-0.1, -0.05) is 42.6 Å². The number of hydrogen-bond donors (Lipinski definition) is 1. The average molecular weight is 264 g/mol. The number of hydrogen-bond acceptors (Lipinski definition) is 1. The van der Waals surface area contributed by atoms with Crippen molar-refractivity contribution in [1.82, 2.24) is 5.32 Å². The predicted molar refractivity (Wildman–Crippen MR) is 72.5 cm³/mol. The van der Waals surface area contributed by atoms with Gasteiger partial charge >= 0.3 is 0 Å². The number of benzene rings is 1. The molecule has 1 amide bonds. The molecule has 2 fully saturated rings. The van der Waals surface area contributed by atoms with Crippen LogP contribution in [0.3, 0.4) is 0 Å². The fourth-order valence-corrected chi connectivity index (χ4v) is 3.97. The van der Waals surface area contributed by atoms with Gasteiger partial charge in [0, 0.05) is 11.4 Å². The number of carbonyl (C=O) groups is 1. The SMILES string of the molecule is O=C1CC[C@@H]2CCCC[C@]2(c2ccccc2Cl)N1. The molecule has 0 unspecified atom stereocenters. The predicted octanol–water partition coefficient (Wildman–Crippen LogP) is 3.64. The number of piperidine rings is 1. The number of nitrogens with one attached hydrogen (secondary N) is 1.